The summed E-state index contributed by atoms with van der Waals surface area (Å²) in [6.07, 6.45) is 0. The second-order valence-corrected chi connectivity index (χ2v) is 9.06. The summed E-state index contributed by atoms with van der Waals surface area (Å²) in [4.78, 5) is 0. The molecule has 3 aromatic carbocycles. The van der Waals surface area contributed by atoms with Gasteiger partial charge in [0.2, 0.25) is 0 Å². The van der Waals surface area contributed by atoms with Gasteiger partial charge in [-0.2, -0.15) is 0 Å². The van der Waals surface area contributed by atoms with Crippen LogP contribution in [0.3, 0.4) is 0 Å². The molecule has 5 rings (SSSR count). The molecule has 1 saturated heterocycles. The van der Waals surface area contributed by atoms with Crippen LogP contribution in [0.1, 0.15) is 33.3 Å². The largest absolute Gasteiger partial charge is 0.494 e. The van der Waals surface area contributed by atoms with E-state index in [0.29, 0.717) is 0 Å². The molecule has 4 heteroatoms. The second kappa shape index (κ2) is 6.22. The van der Waals surface area contributed by atoms with Crippen LogP contribution in [0.15, 0.2) is 66.7 Å². The maximum Gasteiger partial charge on any atom is 0.494 e. The number of aromatic nitrogens is 1. The lowest BCUT2D eigenvalue weighted by molar-refractivity contribution is 0.00578. The number of aryl methyl sites for hydroxylation is 1. The highest BCUT2D eigenvalue weighted by Crippen LogP contribution is 2.37. The highest BCUT2D eigenvalue weighted by molar-refractivity contribution is 6.62. The molecule has 0 radical (unpaired) electrons. The van der Waals surface area contributed by atoms with Crippen molar-refractivity contribution < 1.29 is 9.31 Å². The molecule has 3 nitrogen and oxygen atoms in total. The molecule has 0 aliphatic carbocycles. The van der Waals surface area contributed by atoms with Gasteiger partial charge in [-0.05, 0) is 69.9 Å². The van der Waals surface area contributed by atoms with Crippen molar-refractivity contribution >= 4 is 34.4 Å². The maximum absolute atomic E-state index is 6.29. The topological polar surface area (TPSA) is 23.4 Å². The number of nitrogens with zero attached hydrogens (tertiary/aromatic N) is 1. The molecule has 0 atom stereocenters. The van der Waals surface area contributed by atoms with Crippen molar-refractivity contribution in [1.29, 1.82) is 0 Å². The number of hydrogen-bond donors (Lipinski definition) is 0. The van der Waals surface area contributed by atoms with Crippen LogP contribution >= 0.6 is 0 Å². The third-order valence-electron chi connectivity index (χ3n) is 6.48. The molecule has 146 valence electrons. The minimum absolute atomic E-state index is 0.345. The lowest BCUT2D eigenvalue weighted by atomic mass is 9.78. The van der Waals surface area contributed by atoms with Gasteiger partial charge in [0.05, 0.1) is 22.2 Å². The molecule has 1 fully saturated rings. The van der Waals surface area contributed by atoms with Crippen molar-refractivity contribution in [1.82, 2.24) is 4.57 Å². The predicted octanol–water partition coefficient (Wildman–Crippen LogP) is 5.39. The summed E-state index contributed by atoms with van der Waals surface area (Å²) < 4.78 is 14.9. The Hall–Kier alpha value is -2.56. The first-order valence-electron chi connectivity index (χ1n) is 10.2. The molecule has 0 spiro atoms. The third kappa shape index (κ3) is 2.82. The van der Waals surface area contributed by atoms with Gasteiger partial charge in [0.1, 0.15) is 0 Å². The van der Waals surface area contributed by atoms with E-state index >= 15 is 0 Å². The van der Waals surface area contributed by atoms with Crippen molar-refractivity contribution in [2.45, 2.75) is 45.8 Å². The highest BCUT2D eigenvalue weighted by atomic mass is 16.7. The number of fused-ring (bicyclic) bond motifs is 3. The van der Waals surface area contributed by atoms with Crippen molar-refractivity contribution in [3.05, 3.63) is 72.3 Å². The number of benzene rings is 3. The minimum atomic E-state index is -0.356. The normalized spacial score (nSPS) is 18.0. The van der Waals surface area contributed by atoms with Gasteiger partial charge in [0.15, 0.2) is 0 Å². The summed E-state index contributed by atoms with van der Waals surface area (Å²) in [6.45, 7) is 10.5. The first kappa shape index (κ1) is 18.5. The summed E-state index contributed by atoms with van der Waals surface area (Å²) in [7, 11) is -0.356. The Kier molecular flexibility index (Phi) is 3.96. The zero-order valence-electron chi connectivity index (χ0n) is 17.7. The number of para-hydroxylation sites is 1. The van der Waals surface area contributed by atoms with Crippen LogP contribution in [0, 0.1) is 6.92 Å². The monoisotopic (exact) mass is 383 g/mol. The molecule has 0 bridgehead atoms. The van der Waals surface area contributed by atoms with Gasteiger partial charge < -0.3 is 13.9 Å². The fourth-order valence-electron chi connectivity index (χ4n) is 4.16. The molecule has 0 amide bonds. The molecular formula is C25H26BNO2. The Labute approximate surface area is 172 Å². The van der Waals surface area contributed by atoms with Crippen molar-refractivity contribution in [2.24, 2.45) is 0 Å². The molecule has 1 aromatic heterocycles. The van der Waals surface area contributed by atoms with Crippen LogP contribution in [0.2, 0.25) is 0 Å². The molecule has 0 unspecified atom stereocenters. The van der Waals surface area contributed by atoms with Gasteiger partial charge in [0.25, 0.3) is 0 Å². The van der Waals surface area contributed by atoms with Crippen molar-refractivity contribution in [3.63, 3.8) is 0 Å². The standard InChI is InChI=1S/C25H26BNO2/c1-17-9-8-10-19(15-17)27-22-12-7-6-11-20(22)21-16-18(13-14-23(21)27)26-28-24(2,3)25(4,5)29-26/h6-16H,1-5H3. The second-order valence-electron chi connectivity index (χ2n) is 9.06. The van der Waals surface area contributed by atoms with E-state index in [4.69, 9.17) is 9.31 Å². The molecule has 29 heavy (non-hydrogen) atoms. The SMILES string of the molecule is Cc1cccc(-n2c3ccccc3c3cc(B4OC(C)(C)C(C)(C)O4)ccc32)c1. The first-order chi connectivity index (χ1) is 13.8. The van der Waals surface area contributed by atoms with E-state index in [-0.39, 0.29) is 18.3 Å². The van der Waals surface area contributed by atoms with Gasteiger partial charge in [-0.25, -0.2) is 0 Å². The van der Waals surface area contributed by atoms with E-state index in [0.717, 1.165) is 5.46 Å². The van der Waals surface area contributed by atoms with Crippen molar-refractivity contribution in [2.75, 3.05) is 0 Å². The summed E-state index contributed by atoms with van der Waals surface area (Å²) in [5.41, 5.74) is 5.20. The smallest absolute Gasteiger partial charge is 0.399 e. The van der Waals surface area contributed by atoms with E-state index < -0.39 is 0 Å². The van der Waals surface area contributed by atoms with Gasteiger partial charge in [-0.15, -0.1) is 0 Å². The molecule has 4 aromatic rings. The van der Waals surface area contributed by atoms with E-state index in [9.17, 15) is 0 Å². The Morgan fingerprint density at radius 3 is 2.14 bits per heavy atom. The Bertz CT molecular complexity index is 1220. The maximum atomic E-state index is 6.29. The van der Waals surface area contributed by atoms with Crippen LogP contribution in [0.25, 0.3) is 27.5 Å². The Morgan fingerprint density at radius 2 is 1.41 bits per heavy atom. The van der Waals surface area contributed by atoms with Gasteiger partial charge in [0, 0.05) is 16.5 Å². The molecule has 1 aliphatic rings. The molecular weight excluding hydrogens is 357 g/mol. The zero-order valence-corrected chi connectivity index (χ0v) is 17.7. The third-order valence-corrected chi connectivity index (χ3v) is 6.48. The zero-order chi connectivity index (χ0) is 20.4. The Morgan fingerprint density at radius 1 is 0.724 bits per heavy atom. The summed E-state index contributed by atoms with van der Waals surface area (Å²) in [5, 5.41) is 2.46. The van der Waals surface area contributed by atoms with E-state index in [1.165, 1.54) is 33.1 Å². The van der Waals surface area contributed by atoms with Crippen molar-refractivity contribution in [3.8, 4) is 5.69 Å². The molecule has 2 heterocycles. The van der Waals surface area contributed by atoms with E-state index in [2.05, 4.69) is 106 Å². The van der Waals surface area contributed by atoms with Crippen LogP contribution in [-0.4, -0.2) is 22.9 Å². The van der Waals surface area contributed by atoms with Crippen LogP contribution in [-0.2, 0) is 9.31 Å². The van der Waals surface area contributed by atoms with E-state index in [1.54, 1.807) is 0 Å². The average Bonchev–Trinajstić information content (AvgIpc) is 3.11. The number of rotatable bonds is 2. The van der Waals surface area contributed by atoms with E-state index in [1.807, 2.05) is 0 Å². The molecule has 1 aliphatic heterocycles. The fraction of sp³-hybridized carbons (Fsp3) is 0.280. The quantitative estimate of drug-likeness (QED) is 0.433. The average molecular weight is 383 g/mol. The van der Waals surface area contributed by atoms with Gasteiger partial charge in [-0.3, -0.25) is 0 Å². The fourth-order valence-corrected chi connectivity index (χ4v) is 4.16. The van der Waals surface area contributed by atoms with Gasteiger partial charge >= 0.3 is 7.12 Å². The Balaban J connectivity index is 1.71. The highest BCUT2D eigenvalue weighted by Gasteiger charge is 2.51. The minimum Gasteiger partial charge on any atom is -0.399 e. The predicted molar refractivity (Wildman–Crippen MR) is 121 cm³/mol. The first-order valence-corrected chi connectivity index (χ1v) is 10.2. The van der Waals surface area contributed by atoms with Crippen LogP contribution in [0.4, 0.5) is 0 Å². The summed E-state index contributed by atoms with van der Waals surface area (Å²) in [5.74, 6) is 0. The lowest BCUT2D eigenvalue weighted by Crippen LogP contribution is -2.41. The number of hydrogen-bond acceptors (Lipinski definition) is 2. The van der Waals surface area contributed by atoms with Gasteiger partial charge in [-0.1, -0.05) is 42.5 Å². The molecule has 0 N–H and O–H groups in total. The molecule has 0 saturated carbocycles. The van der Waals surface area contributed by atoms with Crippen LogP contribution in [0.5, 0.6) is 0 Å². The summed E-state index contributed by atoms with van der Waals surface area (Å²) >= 11 is 0. The summed E-state index contributed by atoms with van der Waals surface area (Å²) in [6, 6.07) is 23.8. The lowest BCUT2D eigenvalue weighted by Gasteiger charge is -2.32. The van der Waals surface area contributed by atoms with Crippen LogP contribution < -0.4 is 5.46 Å².